The molecular formula is C81H145NO13. The van der Waals surface area contributed by atoms with Crippen molar-refractivity contribution < 1.29 is 64.6 Å². The molecule has 0 radical (unpaired) electrons. The summed E-state index contributed by atoms with van der Waals surface area (Å²) in [7, 11) is 0. The first-order valence-corrected chi connectivity index (χ1v) is 39.3. The minimum atomic E-state index is -1.79. The minimum absolute atomic E-state index is 0.248. The highest BCUT2D eigenvalue weighted by molar-refractivity contribution is 5.76. The number of carbonyl (C=O) groups excluding carboxylic acids is 1. The van der Waals surface area contributed by atoms with Gasteiger partial charge in [-0.2, -0.15) is 0 Å². The molecule has 552 valence electrons. The molecule has 0 aromatic heterocycles. The van der Waals surface area contributed by atoms with E-state index in [4.69, 9.17) is 18.9 Å². The fraction of sp³-hybridized carbons (Fsp3) is 0.815. The number of hydrogen-bond donors (Lipinski definition) is 9. The van der Waals surface area contributed by atoms with Gasteiger partial charge in [-0.1, -0.05) is 330 Å². The van der Waals surface area contributed by atoms with Crippen molar-refractivity contribution in [3.05, 3.63) is 85.1 Å². The lowest BCUT2D eigenvalue weighted by molar-refractivity contribution is -0.359. The number of aliphatic hydroxyl groups excluding tert-OH is 8. The molecule has 2 saturated heterocycles. The normalized spacial score (nSPS) is 22.8. The summed E-state index contributed by atoms with van der Waals surface area (Å²) in [5.74, 6) is -0.248. The molecule has 1 amide bonds. The van der Waals surface area contributed by atoms with Gasteiger partial charge in [0.15, 0.2) is 12.6 Å². The van der Waals surface area contributed by atoms with Crippen molar-refractivity contribution in [2.45, 2.75) is 402 Å². The zero-order chi connectivity index (χ0) is 68.7. The SMILES string of the molecule is CC/C=C\C/C=C\C/C=C\C/C=C\C/C=C\CCCCCCCCCCCCCCCCCC(=O)NC(COC1OC(CO)C(OC2OC(CO)C(O)C(O)C2O)C(O)C1O)C(O)/C=C/CC/C=C/CCCCCCCCCCCCCCCCCCCCCCCCCC. The van der Waals surface area contributed by atoms with Gasteiger partial charge < -0.3 is 65.1 Å². The van der Waals surface area contributed by atoms with Crippen LogP contribution in [0.3, 0.4) is 0 Å². The summed E-state index contributed by atoms with van der Waals surface area (Å²) in [5, 5.41) is 87.6. The van der Waals surface area contributed by atoms with Crippen molar-refractivity contribution in [2.24, 2.45) is 0 Å². The lowest BCUT2D eigenvalue weighted by Gasteiger charge is -2.46. The van der Waals surface area contributed by atoms with Crippen molar-refractivity contribution in [3.63, 3.8) is 0 Å². The maximum Gasteiger partial charge on any atom is 0.220 e. The Bertz CT molecular complexity index is 1920. The summed E-state index contributed by atoms with van der Waals surface area (Å²) in [6, 6.07) is -0.938. The molecule has 0 aromatic rings. The first-order valence-electron chi connectivity index (χ1n) is 39.3. The fourth-order valence-corrected chi connectivity index (χ4v) is 12.6. The molecule has 12 atom stereocenters. The van der Waals surface area contributed by atoms with Gasteiger partial charge in [-0.25, -0.2) is 0 Å². The summed E-state index contributed by atoms with van der Waals surface area (Å²) in [6.07, 6.45) is 73.7. The van der Waals surface area contributed by atoms with Crippen molar-refractivity contribution in [1.82, 2.24) is 5.32 Å². The molecule has 95 heavy (non-hydrogen) atoms. The van der Waals surface area contributed by atoms with Gasteiger partial charge in [0.25, 0.3) is 0 Å². The van der Waals surface area contributed by atoms with E-state index in [0.29, 0.717) is 12.8 Å². The molecule has 14 heteroatoms. The third kappa shape index (κ3) is 47.8. The van der Waals surface area contributed by atoms with Crippen molar-refractivity contribution >= 4 is 5.91 Å². The van der Waals surface area contributed by atoms with E-state index in [0.717, 1.165) is 64.2 Å². The summed E-state index contributed by atoms with van der Waals surface area (Å²) in [6.45, 7) is 2.71. The zero-order valence-electron chi connectivity index (χ0n) is 60.4. The first kappa shape index (κ1) is 88.3. The lowest BCUT2D eigenvalue weighted by Crippen LogP contribution is -2.65. The van der Waals surface area contributed by atoms with Crippen LogP contribution in [0.1, 0.15) is 328 Å². The third-order valence-electron chi connectivity index (χ3n) is 18.8. The largest absolute Gasteiger partial charge is 0.394 e. The summed E-state index contributed by atoms with van der Waals surface area (Å²) >= 11 is 0. The van der Waals surface area contributed by atoms with E-state index < -0.39 is 86.8 Å². The molecule has 9 N–H and O–H groups in total. The molecule has 0 aromatic carbocycles. The van der Waals surface area contributed by atoms with E-state index >= 15 is 0 Å². The summed E-state index contributed by atoms with van der Waals surface area (Å²) < 4.78 is 22.9. The maximum atomic E-state index is 13.4. The molecule has 14 nitrogen and oxygen atoms in total. The molecule has 0 aliphatic carbocycles. The van der Waals surface area contributed by atoms with Crippen LogP contribution in [0.4, 0.5) is 0 Å². The molecule has 2 rings (SSSR count). The number of carbonyl (C=O) groups is 1. The van der Waals surface area contributed by atoms with Gasteiger partial charge >= 0.3 is 0 Å². The Morgan fingerprint density at radius 1 is 0.389 bits per heavy atom. The van der Waals surface area contributed by atoms with E-state index in [2.05, 4.69) is 92.1 Å². The molecule has 2 aliphatic heterocycles. The van der Waals surface area contributed by atoms with E-state index in [1.165, 1.54) is 231 Å². The Kier molecular flexibility index (Phi) is 60.0. The van der Waals surface area contributed by atoms with Crippen LogP contribution >= 0.6 is 0 Å². The van der Waals surface area contributed by atoms with Gasteiger partial charge in [-0.3, -0.25) is 4.79 Å². The predicted molar refractivity (Wildman–Crippen MR) is 392 cm³/mol. The average Bonchev–Trinajstić information content (AvgIpc) is 0.801. The highest BCUT2D eigenvalue weighted by atomic mass is 16.7. The van der Waals surface area contributed by atoms with Crippen molar-refractivity contribution in [2.75, 3.05) is 19.8 Å². The highest BCUT2D eigenvalue weighted by Crippen LogP contribution is 2.30. The van der Waals surface area contributed by atoms with E-state index in [9.17, 15) is 45.6 Å². The minimum Gasteiger partial charge on any atom is -0.394 e. The smallest absolute Gasteiger partial charge is 0.220 e. The average molecular weight is 1340 g/mol. The Balaban J connectivity index is 1.64. The predicted octanol–water partition coefficient (Wildman–Crippen LogP) is 17.5. The zero-order valence-corrected chi connectivity index (χ0v) is 60.4. The first-order chi connectivity index (χ1) is 46.6. The molecule has 12 unspecified atom stereocenters. The van der Waals surface area contributed by atoms with Crippen LogP contribution in [0.15, 0.2) is 85.1 Å². The number of unbranched alkanes of at least 4 members (excludes halogenated alkanes) is 40. The summed E-state index contributed by atoms with van der Waals surface area (Å²) in [5.41, 5.74) is 0. The topological polar surface area (TPSA) is 228 Å². The lowest BCUT2D eigenvalue weighted by atomic mass is 9.97. The van der Waals surface area contributed by atoms with Crippen LogP contribution in [0.25, 0.3) is 0 Å². The van der Waals surface area contributed by atoms with E-state index in [-0.39, 0.29) is 18.9 Å². The second-order valence-corrected chi connectivity index (χ2v) is 27.4. The highest BCUT2D eigenvalue weighted by Gasteiger charge is 2.51. The molecule has 0 saturated carbocycles. The fourth-order valence-electron chi connectivity index (χ4n) is 12.6. The Morgan fingerprint density at radius 2 is 0.737 bits per heavy atom. The van der Waals surface area contributed by atoms with Crippen LogP contribution in [0.5, 0.6) is 0 Å². The Hall–Kier alpha value is -2.83. The van der Waals surface area contributed by atoms with Crippen molar-refractivity contribution in [1.29, 1.82) is 0 Å². The quantitative estimate of drug-likeness (QED) is 0.0204. The summed E-state index contributed by atoms with van der Waals surface area (Å²) in [4.78, 5) is 13.4. The van der Waals surface area contributed by atoms with Crippen LogP contribution in [-0.4, -0.2) is 140 Å². The standard InChI is InChI=1S/C81H145NO13/c1-3-5-7-9-11-13-15-17-19-21-23-25-27-29-31-33-35-37-39-41-43-45-47-49-51-53-55-57-59-61-63-65-73(86)82-69(68-92-80-78(91)76(89)79(72(67-84)94-80)95-81-77(90)75(88)74(87)71(66-83)93-81)70(85)64-62-60-58-56-54-52-50-48-46-44-42-40-38-36-34-32-30-28-26-24-22-20-18-16-14-12-10-8-6-4-2/h5,7,11,13,17,19,23,25,29,31,54,56,62,64,69-72,74-81,83-85,87-91H,3-4,6,8-10,12,14-16,18,20-22,24,26-28,30,32-53,55,57-61,63,65-68H2,1-2H3,(H,82,86)/b7-5-,13-11-,19-17-,25-23-,31-29-,56-54+,64-62+. The van der Waals surface area contributed by atoms with Crippen LogP contribution in [0.2, 0.25) is 0 Å². The van der Waals surface area contributed by atoms with Crippen LogP contribution in [0, 0.1) is 0 Å². The van der Waals surface area contributed by atoms with Crippen LogP contribution in [-0.2, 0) is 23.7 Å². The molecule has 2 heterocycles. The monoisotopic (exact) mass is 1340 g/mol. The van der Waals surface area contributed by atoms with E-state index in [1.807, 2.05) is 6.08 Å². The van der Waals surface area contributed by atoms with Gasteiger partial charge in [0.2, 0.25) is 5.91 Å². The number of ether oxygens (including phenoxy) is 4. The number of allylic oxidation sites excluding steroid dienone is 13. The Morgan fingerprint density at radius 3 is 1.16 bits per heavy atom. The number of amides is 1. The van der Waals surface area contributed by atoms with Crippen molar-refractivity contribution in [3.8, 4) is 0 Å². The van der Waals surface area contributed by atoms with Gasteiger partial charge in [-0.15, -0.1) is 0 Å². The molecular weight excluding hydrogens is 1190 g/mol. The molecule has 0 bridgehead atoms. The molecule has 0 spiro atoms. The maximum absolute atomic E-state index is 13.4. The second-order valence-electron chi connectivity index (χ2n) is 27.4. The molecule has 2 aliphatic rings. The Labute approximate surface area is 580 Å². The third-order valence-corrected chi connectivity index (χ3v) is 18.8. The number of rotatable bonds is 65. The van der Waals surface area contributed by atoms with Gasteiger partial charge in [-0.05, 0) is 77.0 Å². The van der Waals surface area contributed by atoms with Gasteiger partial charge in [0, 0.05) is 6.42 Å². The van der Waals surface area contributed by atoms with Gasteiger partial charge in [0.05, 0.1) is 32.0 Å². The van der Waals surface area contributed by atoms with Crippen LogP contribution < -0.4 is 5.32 Å². The number of aliphatic hydroxyl groups is 8. The molecule has 2 fully saturated rings. The number of hydrogen-bond acceptors (Lipinski definition) is 13. The second kappa shape index (κ2) is 64.5. The van der Waals surface area contributed by atoms with Gasteiger partial charge in [0.1, 0.15) is 48.8 Å². The van der Waals surface area contributed by atoms with E-state index in [1.54, 1.807) is 6.08 Å². The number of nitrogens with one attached hydrogen (secondary N) is 1.